The fourth-order valence-corrected chi connectivity index (χ4v) is 2.84. The van der Waals surface area contributed by atoms with Gasteiger partial charge in [0.05, 0.1) is 11.6 Å². The van der Waals surface area contributed by atoms with Crippen LogP contribution in [0.3, 0.4) is 0 Å². The van der Waals surface area contributed by atoms with Crippen molar-refractivity contribution in [3.05, 3.63) is 83.7 Å². The number of hydrogen-bond acceptors (Lipinski definition) is 4. The molecular weight excluding hydrogens is 336 g/mol. The number of pyridine rings is 1. The smallest absolute Gasteiger partial charge is 0.274 e. The number of carbonyl (C=O) groups excluding carboxylic acids is 1. The van der Waals surface area contributed by atoms with Gasteiger partial charge in [-0.15, -0.1) is 0 Å². The third-order valence-corrected chi connectivity index (χ3v) is 4.19. The first-order valence-corrected chi connectivity index (χ1v) is 8.72. The van der Waals surface area contributed by atoms with Gasteiger partial charge in [-0.3, -0.25) is 9.78 Å². The van der Waals surface area contributed by atoms with Crippen molar-refractivity contribution < 1.29 is 4.79 Å². The molecule has 2 aromatic carbocycles. The molecule has 1 N–H and O–H groups in total. The molecular formula is C22H20N4O. The van der Waals surface area contributed by atoms with E-state index in [-0.39, 0.29) is 5.91 Å². The maximum absolute atomic E-state index is 12.6. The van der Waals surface area contributed by atoms with E-state index in [9.17, 15) is 4.79 Å². The van der Waals surface area contributed by atoms with Crippen LogP contribution in [0.1, 0.15) is 28.5 Å². The summed E-state index contributed by atoms with van der Waals surface area (Å²) in [5.41, 5.74) is 4.66. The third kappa shape index (κ3) is 4.31. The second-order valence-corrected chi connectivity index (χ2v) is 6.13. The van der Waals surface area contributed by atoms with Gasteiger partial charge < -0.3 is 10.2 Å². The molecule has 134 valence electrons. The van der Waals surface area contributed by atoms with Crippen LogP contribution in [0, 0.1) is 18.3 Å². The Morgan fingerprint density at radius 3 is 2.52 bits per heavy atom. The van der Waals surface area contributed by atoms with Crippen LogP contribution in [0.15, 0.2) is 66.9 Å². The summed E-state index contributed by atoms with van der Waals surface area (Å²) < 4.78 is 0. The van der Waals surface area contributed by atoms with Crippen molar-refractivity contribution in [2.75, 3.05) is 16.8 Å². The van der Waals surface area contributed by atoms with Crippen molar-refractivity contribution in [2.24, 2.45) is 0 Å². The summed E-state index contributed by atoms with van der Waals surface area (Å²) in [4.78, 5) is 18.9. The van der Waals surface area contributed by atoms with Gasteiger partial charge in [-0.25, -0.2) is 0 Å². The largest absolute Gasteiger partial charge is 0.342 e. The summed E-state index contributed by atoms with van der Waals surface area (Å²) in [6, 6.07) is 20.7. The topological polar surface area (TPSA) is 69.0 Å². The van der Waals surface area contributed by atoms with Crippen LogP contribution in [0.2, 0.25) is 0 Å². The number of benzene rings is 2. The Hall–Kier alpha value is -3.65. The number of carbonyl (C=O) groups is 1. The molecule has 1 amide bonds. The standard InChI is InChI=1S/C22H20N4O/c1-3-26(19-6-4-5-16(2)13-19)20-11-12-24-21(14-20)22(27)25-18-9-7-17(15-23)8-10-18/h4-14H,3H2,1-2H3,(H,25,27). The number of nitriles is 1. The maximum atomic E-state index is 12.6. The van der Waals surface area contributed by atoms with Crippen LogP contribution in [-0.4, -0.2) is 17.4 Å². The summed E-state index contributed by atoms with van der Waals surface area (Å²) in [6.45, 7) is 4.89. The highest BCUT2D eigenvalue weighted by atomic mass is 16.1. The Balaban J connectivity index is 1.83. The number of anilines is 3. The first-order valence-electron chi connectivity index (χ1n) is 8.72. The van der Waals surface area contributed by atoms with Gasteiger partial charge in [0.15, 0.2) is 0 Å². The van der Waals surface area contributed by atoms with E-state index in [0.29, 0.717) is 16.9 Å². The molecule has 3 aromatic rings. The van der Waals surface area contributed by atoms with E-state index in [4.69, 9.17) is 5.26 Å². The molecule has 0 saturated carbocycles. The van der Waals surface area contributed by atoms with Crippen molar-refractivity contribution in [3.63, 3.8) is 0 Å². The highest BCUT2D eigenvalue weighted by molar-refractivity contribution is 6.03. The van der Waals surface area contributed by atoms with E-state index in [1.54, 1.807) is 36.5 Å². The average Bonchev–Trinajstić information content (AvgIpc) is 2.69. The molecule has 5 heteroatoms. The number of aryl methyl sites for hydroxylation is 1. The van der Waals surface area contributed by atoms with Crippen molar-refractivity contribution >= 4 is 23.0 Å². The van der Waals surface area contributed by atoms with Crippen LogP contribution in [0.5, 0.6) is 0 Å². The van der Waals surface area contributed by atoms with Gasteiger partial charge in [0.1, 0.15) is 5.69 Å². The zero-order valence-corrected chi connectivity index (χ0v) is 15.3. The number of aromatic nitrogens is 1. The summed E-state index contributed by atoms with van der Waals surface area (Å²) in [7, 11) is 0. The fourth-order valence-electron chi connectivity index (χ4n) is 2.84. The number of nitrogens with one attached hydrogen (secondary N) is 1. The SMILES string of the molecule is CCN(c1cccc(C)c1)c1ccnc(C(=O)Nc2ccc(C#N)cc2)c1. The molecule has 27 heavy (non-hydrogen) atoms. The molecule has 0 radical (unpaired) electrons. The quantitative estimate of drug-likeness (QED) is 0.721. The second kappa shape index (κ2) is 8.15. The van der Waals surface area contributed by atoms with Crippen molar-refractivity contribution in [3.8, 4) is 6.07 Å². The normalized spacial score (nSPS) is 10.1. The average molecular weight is 356 g/mol. The first-order chi connectivity index (χ1) is 13.1. The van der Waals surface area contributed by atoms with Gasteiger partial charge in [0.25, 0.3) is 5.91 Å². The summed E-state index contributed by atoms with van der Waals surface area (Å²) in [5.74, 6) is -0.290. The molecule has 0 saturated heterocycles. The van der Waals surface area contributed by atoms with Gasteiger partial charge in [-0.2, -0.15) is 5.26 Å². The van der Waals surface area contributed by atoms with Crippen LogP contribution in [0.25, 0.3) is 0 Å². The maximum Gasteiger partial charge on any atom is 0.274 e. The zero-order valence-electron chi connectivity index (χ0n) is 15.3. The lowest BCUT2D eigenvalue weighted by Gasteiger charge is -2.24. The van der Waals surface area contributed by atoms with Crippen molar-refractivity contribution in [2.45, 2.75) is 13.8 Å². The lowest BCUT2D eigenvalue weighted by molar-refractivity contribution is 0.102. The summed E-state index contributed by atoms with van der Waals surface area (Å²) in [5, 5.41) is 11.7. The Kier molecular flexibility index (Phi) is 5.48. The highest BCUT2D eigenvalue weighted by Gasteiger charge is 2.13. The van der Waals surface area contributed by atoms with Crippen molar-refractivity contribution in [1.82, 2.24) is 4.98 Å². The monoisotopic (exact) mass is 356 g/mol. The molecule has 0 aliphatic heterocycles. The van der Waals surface area contributed by atoms with Crippen LogP contribution >= 0.6 is 0 Å². The molecule has 0 unspecified atom stereocenters. The molecule has 0 aliphatic carbocycles. The zero-order chi connectivity index (χ0) is 19.2. The van der Waals surface area contributed by atoms with Gasteiger partial charge in [-0.1, -0.05) is 12.1 Å². The molecule has 0 fully saturated rings. The minimum absolute atomic E-state index is 0.290. The third-order valence-electron chi connectivity index (χ3n) is 4.19. The summed E-state index contributed by atoms with van der Waals surface area (Å²) in [6.07, 6.45) is 1.64. The molecule has 1 aromatic heterocycles. The van der Waals surface area contributed by atoms with Gasteiger partial charge in [-0.05, 0) is 67.9 Å². The predicted octanol–water partition coefficient (Wildman–Crippen LogP) is 4.67. The Morgan fingerprint density at radius 2 is 1.85 bits per heavy atom. The van der Waals surface area contributed by atoms with Crippen LogP contribution < -0.4 is 10.2 Å². The molecule has 0 aliphatic rings. The van der Waals surface area contributed by atoms with E-state index < -0.39 is 0 Å². The second-order valence-electron chi connectivity index (χ2n) is 6.13. The van der Waals surface area contributed by atoms with E-state index in [0.717, 1.165) is 17.9 Å². The summed E-state index contributed by atoms with van der Waals surface area (Å²) >= 11 is 0. The predicted molar refractivity (Wildman–Crippen MR) is 107 cm³/mol. The van der Waals surface area contributed by atoms with E-state index in [2.05, 4.69) is 47.3 Å². The Labute approximate surface area is 158 Å². The minimum atomic E-state index is -0.290. The van der Waals surface area contributed by atoms with E-state index in [1.807, 2.05) is 18.2 Å². The molecule has 3 rings (SSSR count). The molecule has 0 atom stereocenters. The molecule has 0 bridgehead atoms. The van der Waals surface area contributed by atoms with Crippen LogP contribution in [-0.2, 0) is 0 Å². The van der Waals surface area contributed by atoms with Gasteiger partial charge >= 0.3 is 0 Å². The number of amides is 1. The molecule has 5 nitrogen and oxygen atoms in total. The van der Waals surface area contributed by atoms with E-state index >= 15 is 0 Å². The first kappa shape index (κ1) is 18.2. The lowest BCUT2D eigenvalue weighted by atomic mass is 10.2. The van der Waals surface area contributed by atoms with Crippen molar-refractivity contribution in [1.29, 1.82) is 5.26 Å². The number of hydrogen-bond donors (Lipinski definition) is 1. The lowest BCUT2D eigenvalue weighted by Crippen LogP contribution is -2.18. The Bertz CT molecular complexity index is 990. The molecule has 1 heterocycles. The highest BCUT2D eigenvalue weighted by Crippen LogP contribution is 2.26. The number of rotatable bonds is 5. The van der Waals surface area contributed by atoms with E-state index in [1.165, 1.54) is 5.56 Å². The van der Waals surface area contributed by atoms with Gasteiger partial charge in [0.2, 0.25) is 0 Å². The Morgan fingerprint density at radius 1 is 1.11 bits per heavy atom. The minimum Gasteiger partial charge on any atom is -0.342 e. The molecule has 0 spiro atoms. The van der Waals surface area contributed by atoms with Gasteiger partial charge in [0, 0.05) is 29.8 Å². The number of nitrogens with zero attached hydrogens (tertiary/aromatic N) is 3. The fraction of sp³-hybridized carbons (Fsp3) is 0.136. The van der Waals surface area contributed by atoms with Crippen LogP contribution in [0.4, 0.5) is 17.1 Å².